The Morgan fingerprint density at radius 3 is 2.94 bits per heavy atom. The van der Waals surface area contributed by atoms with Crippen LogP contribution >= 0.6 is 22.6 Å². The Balaban J connectivity index is 2.36. The maximum Gasteiger partial charge on any atom is 0.227 e. The second-order valence-electron chi connectivity index (χ2n) is 4.02. The summed E-state index contributed by atoms with van der Waals surface area (Å²) in [4.78, 5) is 13.7. The Morgan fingerprint density at radius 1 is 1.59 bits per heavy atom. The smallest absolute Gasteiger partial charge is 0.227 e. The molecule has 4 heteroatoms. The Hall–Kier alpha value is -1.04. The average Bonchev–Trinajstić information content (AvgIpc) is 2.70. The molecule has 1 atom stereocenters. The molecule has 1 unspecified atom stereocenters. The van der Waals surface area contributed by atoms with Gasteiger partial charge in [-0.2, -0.15) is 0 Å². The van der Waals surface area contributed by atoms with Crippen LogP contribution < -0.4 is 9.64 Å². The van der Waals surface area contributed by atoms with Gasteiger partial charge in [-0.15, -0.1) is 6.58 Å². The highest BCUT2D eigenvalue weighted by atomic mass is 127. The van der Waals surface area contributed by atoms with Crippen LogP contribution in [-0.4, -0.2) is 19.6 Å². The minimum atomic E-state index is 0.134. The van der Waals surface area contributed by atoms with E-state index in [0.717, 1.165) is 15.0 Å². The van der Waals surface area contributed by atoms with Crippen LogP contribution in [0.15, 0.2) is 30.9 Å². The third-order valence-corrected chi connectivity index (χ3v) is 3.59. The number of anilines is 1. The molecule has 0 saturated carbocycles. The summed E-state index contributed by atoms with van der Waals surface area (Å²) in [6, 6.07) is 5.84. The van der Waals surface area contributed by atoms with Gasteiger partial charge in [-0.05, 0) is 40.8 Å². The predicted molar refractivity (Wildman–Crippen MR) is 76.4 cm³/mol. The second kappa shape index (κ2) is 5.08. The average molecular weight is 343 g/mol. The van der Waals surface area contributed by atoms with E-state index >= 15 is 0 Å². The lowest BCUT2D eigenvalue weighted by atomic mass is 10.1. The van der Waals surface area contributed by atoms with E-state index in [1.54, 1.807) is 12.0 Å². The maximum absolute atomic E-state index is 11.9. The molecule has 1 heterocycles. The van der Waals surface area contributed by atoms with Gasteiger partial charge in [0.25, 0.3) is 0 Å². The number of benzene rings is 1. The van der Waals surface area contributed by atoms with Gasteiger partial charge in [-0.3, -0.25) is 4.79 Å². The molecule has 1 fully saturated rings. The third-order valence-electron chi connectivity index (χ3n) is 2.92. The van der Waals surface area contributed by atoms with Crippen LogP contribution in [0.2, 0.25) is 0 Å². The van der Waals surface area contributed by atoms with E-state index in [0.29, 0.717) is 13.0 Å². The Bertz CT molecular complexity index is 459. The minimum absolute atomic E-state index is 0.134. The lowest BCUT2D eigenvalue weighted by molar-refractivity contribution is -0.117. The molecule has 0 spiro atoms. The molecule has 1 aromatic rings. The summed E-state index contributed by atoms with van der Waals surface area (Å²) in [5.74, 6) is 1.11. The largest absolute Gasteiger partial charge is 0.495 e. The van der Waals surface area contributed by atoms with E-state index in [-0.39, 0.29) is 11.8 Å². The molecule has 0 aliphatic carbocycles. The van der Waals surface area contributed by atoms with Crippen molar-refractivity contribution in [2.75, 3.05) is 18.6 Å². The number of hydrogen-bond donors (Lipinski definition) is 0. The first-order valence-corrected chi connectivity index (χ1v) is 6.50. The Kier molecular flexibility index (Phi) is 3.71. The van der Waals surface area contributed by atoms with Crippen molar-refractivity contribution in [1.29, 1.82) is 0 Å². The van der Waals surface area contributed by atoms with Crippen molar-refractivity contribution in [2.24, 2.45) is 5.92 Å². The third kappa shape index (κ3) is 2.46. The van der Waals surface area contributed by atoms with Gasteiger partial charge in [-0.25, -0.2) is 0 Å². The molecule has 90 valence electrons. The number of carbonyl (C=O) groups excluding carboxylic acids is 1. The standard InChI is InChI=1S/C13H14INO2/c1-3-9-6-13(16)15(8-9)11-7-10(14)4-5-12(11)17-2/h3-5,7,9H,1,6,8H2,2H3. The first-order chi connectivity index (χ1) is 8.15. The van der Waals surface area contributed by atoms with Gasteiger partial charge in [-0.1, -0.05) is 6.08 Å². The Morgan fingerprint density at radius 2 is 2.35 bits per heavy atom. The fraction of sp³-hybridized carbons (Fsp3) is 0.308. The van der Waals surface area contributed by atoms with Crippen LogP contribution in [0.25, 0.3) is 0 Å². The van der Waals surface area contributed by atoms with Crippen LogP contribution in [0.5, 0.6) is 5.75 Å². The fourth-order valence-corrected chi connectivity index (χ4v) is 2.47. The van der Waals surface area contributed by atoms with Crippen molar-refractivity contribution in [3.05, 3.63) is 34.4 Å². The molecule has 1 amide bonds. The molecular formula is C13H14INO2. The molecule has 0 N–H and O–H groups in total. The molecule has 0 aromatic heterocycles. The highest BCUT2D eigenvalue weighted by Gasteiger charge is 2.30. The molecule has 17 heavy (non-hydrogen) atoms. The SMILES string of the molecule is C=CC1CC(=O)N(c2cc(I)ccc2OC)C1. The normalized spacial score (nSPS) is 19.5. The molecule has 1 aromatic carbocycles. The number of methoxy groups -OCH3 is 1. The maximum atomic E-state index is 11.9. The summed E-state index contributed by atoms with van der Waals surface area (Å²) in [5, 5.41) is 0. The predicted octanol–water partition coefficient (Wildman–Crippen LogP) is 2.84. The van der Waals surface area contributed by atoms with Gasteiger partial charge in [0.2, 0.25) is 5.91 Å². The molecule has 1 aliphatic rings. The van der Waals surface area contributed by atoms with Gasteiger partial charge in [0.05, 0.1) is 12.8 Å². The first kappa shape index (κ1) is 12.4. The number of ether oxygens (including phenoxy) is 1. The van der Waals surface area contributed by atoms with Crippen LogP contribution in [0.4, 0.5) is 5.69 Å². The van der Waals surface area contributed by atoms with Crippen LogP contribution in [0, 0.1) is 9.49 Å². The molecule has 2 rings (SSSR count). The van der Waals surface area contributed by atoms with Gasteiger partial charge in [0, 0.05) is 22.5 Å². The van der Waals surface area contributed by atoms with Crippen LogP contribution in [0.3, 0.4) is 0 Å². The molecule has 1 saturated heterocycles. The molecule has 0 radical (unpaired) electrons. The van der Waals surface area contributed by atoms with Crippen LogP contribution in [0.1, 0.15) is 6.42 Å². The molecule has 1 aliphatic heterocycles. The molecule has 0 bridgehead atoms. The van der Waals surface area contributed by atoms with Gasteiger partial charge in [0.1, 0.15) is 5.75 Å². The zero-order valence-electron chi connectivity index (χ0n) is 9.65. The monoisotopic (exact) mass is 343 g/mol. The van der Waals surface area contributed by atoms with E-state index in [4.69, 9.17) is 4.74 Å². The lowest BCUT2D eigenvalue weighted by Crippen LogP contribution is -2.25. The fourth-order valence-electron chi connectivity index (χ4n) is 2.00. The zero-order chi connectivity index (χ0) is 12.4. The van der Waals surface area contributed by atoms with Crippen molar-refractivity contribution >= 4 is 34.2 Å². The van der Waals surface area contributed by atoms with E-state index in [1.807, 2.05) is 24.3 Å². The summed E-state index contributed by atoms with van der Waals surface area (Å²) < 4.78 is 6.40. The van der Waals surface area contributed by atoms with E-state index in [2.05, 4.69) is 29.2 Å². The highest BCUT2D eigenvalue weighted by Crippen LogP contribution is 2.34. The summed E-state index contributed by atoms with van der Waals surface area (Å²) in [6.07, 6.45) is 2.39. The Labute approximate surface area is 115 Å². The van der Waals surface area contributed by atoms with Crippen molar-refractivity contribution in [3.8, 4) is 5.75 Å². The number of hydrogen-bond acceptors (Lipinski definition) is 2. The quantitative estimate of drug-likeness (QED) is 0.624. The number of carbonyl (C=O) groups is 1. The lowest BCUT2D eigenvalue weighted by Gasteiger charge is -2.19. The number of halogens is 1. The molecule has 3 nitrogen and oxygen atoms in total. The number of rotatable bonds is 3. The summed E-state index contributed by atoms with van der Waals surface area (Å²) in [5.41, 5.74) is 0.855. The summed E-state index contributed by atoms with van der Waals surface area (Å²) in [7, 11) is 1.62. The topological polar surface area (TPSA) is 29.5 Å². The van der Waals surface area contributed by atoms with E-state index in [1.165, 1.54) is 0 Å². The van der Waals surface area contributed by atoms with Crippen LogP contribution in [-0.2, 0) is 4.79 Å². The number of amides is 1. The zero-order valence-corrected chi connectivity index (χ0v) is 11.8. The molecular weight excluding hydrogens is 329 g/mol. The number of nitrogens with zero attached hydrogens (tertiary/aromatic N) is 1. The van der Waals surface area contributed by atoms with Gasteiger partial charge >= 0.3 is 0 Å². The van der Waals surface area contributed by atoms with Crippen molar-refractivity contribution in [3.63, 3.8) is 0 Å². The second-order valence-corrected chi connectivity index (χ2v) is 5.27. The van der Waals surface area contributed by atoms with Gasteiger partial charge in [0.15, 0.2) is 0 Å². The van der Waals surface area contributed by atoms with E-state index in [9.17, 15) is 4.79 Å². The minimum Gasteiger partial charge on any atom is -0.495 e. The van der Waals surface area contributed by atoms with Crippen molar-refractivity contribution in [2.45, 2.75) is 6.42 Å². The van der Waals surface area contributed by atoms with Gasteiger partial charge < -0.3 is 9.64 Å². The van der Waals surface area contributed by atoms with Crippen molar-refractivity contribution < 1.29 is 9.53 Å². The highest BCUT2D eigenvalue weighted by molar-refractivity contribution is 14.1. The van der Waals surface area contributed by atoms with E-state index < -0.39 is 0 Å². The summed E-state index contributed by atoms with van der Waals surface area (Å²) >= 11 is 2.23. The summed E-state index contributed by atoms with van der Waals surface area (Å²) in [6.45, 7) is 4.45. The van der Waals surface area contributed by atoms with Crippen molar-refractivity contribution in [1.82, 2.24) is 0 Å². The first-order valence-electron chi connectivity index (χ1n) is 5.42.